The Morgan fingerprint density at radius 1 is 1.35 bits per heavy atom. The van der Waals surface area contributed by atoms with Crippen molar-refractivity contribution in [2.75, 3.05) is 12.3 Å². The summed E-state index contributed by atoms with van der Waals surface area (Å²) in [7, 11) is 0. The maximum absolute atomic E-state index is 6.33. The Kier molecular flexibility index (Phi) is 7.96. The van der Waals surface area contributed by atoms with Crippen LogP contribution in [0.4, 0.5) is 0 Å². The van der Waals surface area contributed by atoms with Crippen LogP contribution >= 0.6 is 39.3 Å². The first-order valence-electron chi connectivity index (χ1n) is 7.13. The number of thioether (sulfide) groups is 1. The van der Waals surface area contributed by atoms with Crippen LogP contribution in [0.1, 0.15) is 39.7 Å². The quantitative estimate of drug-likeness (QED) is 0.668. The van der Waals surface area contributed by atoms with Gasteiger partial charge in [-0.25, -0.2) is 0 Å². The predicted octanol–water partition coefficient (Wildman–Crippen LogP) is 5.54. The monoisotopic (exact) mass is 377 g/mol. The van der Waals surface area contributed by atoms with E-state index >= 15 is 0 Å². The predicted molar refractivity (Wildman–Crippen MR) is 97.1 cm³/mol. The summed E-state index contributed by atoms with van der Waals surface area (Å²) in [4.78, 5) is 0. The molecule has 1 nitrogen and oxygen atoms in total. The standard InChI is InChI=1S/C16H25BrClNS/c1-5-8-19-14(11-20-16(2,3)4)9-12-6-7-13(17)10-15(12)18/h6-7,10,14,19H,5,8-9,11H2,1-4H3. The van der Waals surface area contributed by atoms with Gasteiger partial charge in [0.2, 0.25) is 0 Å². The van der Waals surface area contributed by atoms with Crippen LogP contribution in [-0.2, 0) is 6.42 Å². The van der Waals surface area contributed by atoms with Gasteiger partial charge in [-0.05, 0) is 37.1 Å². The zero-order valence-electron chi connectivity index (χ0n) is 12.8. The third-order valence-electron chi connectivity index (χ3n) is 2.88. The van der Waals surface area contributed by atoms with Crippen molar-refractivity contribution in [1.82, 2.24) is 5.32 Å². The van der Waals surface area contributed by atoms with Crippen molar-refractivity contribution < 1.29 is 0 Å². The molecule has 0 bridgehead atoms. The van der Waals surface area contributed by atoms with Gasteiger partial charge in [-0.1, -0.05) is 61.3 Å². The molecule has 0 aliphatic rings. The summed E-state index contributed by atoms with van der Waals surface area (Å²) in [6, 6.07) is 6.63. The average molecular weight is 379 g/mol. The van der Waals surface area contributed by atoms with E-state index in [-0.39, 0.29) is 0 Å². The van der Waals surface area contributed by atoms with Crippen LogP contribution in [-0.4, -0.2) is 23.1 Å². The molecule has 1 N–H and O–H groups in total. The molecule has 0 aromatic heterocycles. The van der Waals surface area contributed by atoms with Gasteiger partial charge in [0, 0.05) is 26.0 Å². The second-order valence-electron chi connectivity index (χ2n) is 6.01. The van der Waals surface area contributed by atoms with E-state index < -0.39 is 0 Å². The fourth-order valence-electron chi connectivity index (χ4n) is 1.84. The Bertz CT molecular complexity index is 417. The first kappa shape index (κ1) is 18.3. The minimum atomic E-state index is 0.301. The normalized spacial score (nSPS) is 13.5. The number of benzene rings is 1. The largest absolute Gasteiger partial charge is 0.313 e. The van der Waals surface area contributed by atoms with E-state index in [1.807, 2.05) is 17.8 Å². The third kappa shape index (κ3) is 7.35. The molecule has 114 valence electrons. The maximum Gasteiger partial charge on any atom is 0.0449 e. The summed E-state index contributed by atoms with van der Waals surface area (Å²) in [5, 5.41) is 4.49. The van der Waals surface area contributed by atoms with Crippen molar-refractivity contribution >= 4 is 39.3 Å². The van der Waals surface area contributed by atoms with E-state index in [0.29, 0.717) is 10.8 Å². The molecule has 1 atom stereocenters. The van der Waals surface area contributed by atoms with E-state index in [4.69, 9.17) is 11.6 Å². The molecule has 0 aliphatic carbocycles. The molecule has 0 amide bonds. The van der Waals surface area contributed by atoms with Gasteiger partial charge in [-0.3, -0.25) is 0 Å². The van der Waals surface area contributed by atoms with Gasteiger partial charge in [0.05, 0.1) is 0 Å². The average Bonchev–Trinajstić information content (AvgIpc) is 2.34. The molecule has 1 unspecified atom stereocenters. The van der Waals surface area contributed by atoms with Crippen molar-refractivity contribution in [2.45, 2.75) is 51.3 Å². The third-order valence-corrected chi connectivity index (χ3v) is 5.16. The van der Waals surface area contributed by atoms with Gasteiger partial charge in [0.25, 0.3) is 0 Å². The second-order valence-corrected chi connectivity index (χ2v) is 9.18. The molecule has 1 rings (SSSR count). The van der Waals surface area contributed by atoms with Crippen LogP contribution in [0.15, 0.2) is 22.7 Å². The molecule has 0 spiro atoms. The van der Waals surface area contributed by atoms with Crippen molar-refractivity contribution in [1.29, 1.82) is 0 Å². The number of hydrogen-bond acceptors (Lipinski definition) is 2. The lowest BCUT2D eigenvalue weighted by Gasteiger charge is -2.24. The smallest absolute Gasteiger partial charge is 0.0449 e. The molecule has 1 aromatic carbocycles. The molecule has 0 saturated heterocycles. The zero-order chi connectivity index (χ0) is 15.2. The van der Waals surface area contributed by atoms with Gasteiger partial charge in [-0.15, -0.1) is 0 Å². The highest BCUT2D eigenvalue weighted by molar-refractivity contribution is 9.10. The fraction of sp³-hybridized carbons (Fsp3) is 0.625. The Balaban J connectivity index is 2.67. The van der Waals surface area contributed by atoms with E-state index in [9.17, 15) is 0 Å². The Morgan fingerprint density at radius 2 is 2.05 bits per heavy atom. The van der Waals surface area contributed by atoms with Crippen LogP contribution < -0.4 is 5.32 Å². The first-order chi connectivity index (χ1) is 9.31. The Morgan fingerprint density at radius 3 is 2.60 bits per heavy atom. The van der Waals surface area contributed by atoms with Crippen molar-refractivity contribution in [2.24, 2.45) is 0 Å². The van der Waals surface area contributed by atoms with Crippen molar-refractivity contribution in [3.05, 3.63) is 33.3 Å². The highest BCUT2D eigenvalue weighted by atomic mass is 79.9. The van der Waals surface area contributed by atoms with Crippen LogP contribution in [0.25, 0.3) is 0 Å². The molecular formula is C16H25BrClNS. The second kappa shape index (κ2) is 8.67. The Hall–Kier alpha value is 0.300. The van der Waals surface area contributed by atoms with Gasteiger partial charge in [0.15, 0.2) is 0 Å². The van der Waals surface area contributed by atoms with Gasteiger partial charge in [-0.2, -0.15) is 11.8 Å². The zero-order valence-corrected chi connectivity index (χ0v) is 16.0. The summed E-state index contributed by atoms with van der Waals surface area (Å²) in [5.74, 6) is 1.11. The first-order valence-corrected chi connectivity index (χ1v) is 9.28. The van der Waals surface area contributed by atoms with E-state index in [1.165, 1.54) is 5.56 Å². The molecular weight excluding hydrogens is 354 g/mol. The van der Waals surface area contributed by atoms with Gasteiger partial charge >= 0.3 is 0 Å². The van der Waals surface area contributed by atoms with Crippen LogP contribution in [0, 0.1) is 0 Å². The summed E-state index contributed by atoms with van der Waals surface area (Å²) in [5.41, 5.74) is 1.22. The molecule has 4 heteroatoms. The van der Waals surface area contributed by atoms with E-state index in [2.05, 4.69) is 61.1 Å². The maximum atomic E-state index is 6.33. The van der Waals surface area contributed by atoms with E-state index in [0.717, 1.165) is 34.6 Å². The summed E-state index contributed by atoms with van der Waals surface area (Å²) in [6.45, 7) is 10.1. The molecule has 0 radical (unpaired) electrons. The van der Waals surface area contributed by atoms with Gasteiger partial charge < -0.3 is 5.32 Å². The van der Waals surface area contributed by atoms with Crippen molar-refractivity contribution in [3.63, 3.8) is 0 Å². The topological polar surface area (TPSA) is 12.0 Å². The summed E-state index contributed by atoms with van der Waals surface area (Å²) >= 11 is 11.8. The lowest BCUT2D eigenvalue weighted by Crippen LogP contribution is -2.35. The van der Waals surface area contributed by atoms with Crippen molar-refractivity contribution in [3.8, 4) is 0 Å². The number of halogens is 2. The highest BCUT2D eigenvalue weighted by Crippen LogP contribution is 2.26. The minimum absolute atomic E-state index is 0.301. The molecule has 0 heterocycles. The lowest BCUT2D eigenvalue weighted by atomic mass is 10.1. The number of rotatable bonds is 7. The van der Waals surface area contributed by atoms with Crippen LogP contribution in [0.5, 0.6) is 0 Å². The summed E-state index contributed by atoms with van der Waals surface area (Å²) in [6.07, 6.45) is 2.14. The Labute approximate surface area is 141 Å². The van der Waals surface area contributed by atoms with E-state index in [1.54, 1.807) is 0 Å². The molecule has 0 aliphatic heterocycles. The SMILES string of the molecule is CCCNC(CSC(C)(C)C)Cc1ccc(Br)cc1Cl. The summed E-state index contributed by atoms with van der Waals surface area (Å²) < 4.78 is 1.34. The van der Waals surface area contributed by atoms with Gasteiger partial charge in [0.1, 0.15) is 0 Å². The molecule has 1 aromatic rings. The molecule has 0 fully saturated rings. The lowest BCUT2D eigenvalue weighted by molar-refractivity contribution is 0.548. The highest BCUT2D eigenvalue weighted by Gasteiger charge is 2.16. The minimum Gasteiger partial charge on any atom is -0.313 e. The number of hydrogen-bond donors (Lipinski definition) is 1. The molecule has 0 saturated carbocycles. The van der Waals surface area contributed by atoms with Crippen LogP contribution in [0.2, 0.25) is 5.02 Å². The fourth-order valence-corrected chi connectivity index (χ4v) is 3.53. The molecule has 20 heavy (non-hydrogen) atoms. The van der Waals surface area contributed by atoms with Crippen LogP contribution in [0.3, 0.4) is 0 Å². The number of nitrogens with one attached hydrogen (secondary N) is 1.